The van der Waals surface area contributed by atoms with E-state index in [0.29, 0.717) is 5.52 Å². The second-order valence-electron chi connectivity index (χ2n) is 7.41. The van der Waals surface area contributed by atoms with E-state index in [4.69, 9.17) is 22.1 Å². The Hall–Kier alpha value is -3.20. The minimum Gasteiger partial charge on any atom is -0.444 e. The molecule has 1 amide bonds. The van der Waals surface area contributed by atoms with Crippen molar-refractivity contribution in [2.45, 2.75) is 39.3 Å². The Labute approximate surface area is 171 Å². The lowest BCUT2D eigenvalue weighted by Crippen LogP contribution is -2.37. The van der Waals surface area contributed by atoms with Crippen LogP contribution in [0.3, 0.4) is 0 Å². The smallest absolute Gasteiger partial charge is 0.408 e. The molecule has 3 aromatic rings. The first-order valence-corrected chi connectivity index (χ1v) is 9.23. The number of amides is 1. The summed E-state index contributed by atoms with van der Waals surface area (Å²) in [5.74, 6) is 0.649. The molecule has 1 unspecified atom stereocenters. The van der Waals surface area contributed by atoms with Crippen LogP contribution in [0.4, 0.5) is 10.6 Å². The zero-order chi connectivity index (χ0) is 21.3. The minimum absolute atomic E-state index is 0.200. The van der Waals surface area contributed by atoms with E-state index in [-0.39, 0.29) is 27.9 Å². The van der Waals surface area contributed by atoms with Crippen molar-refractivity contribution in [1.82, 2.24) is 24.8 Å². The maximum absolute atomic E-state index is 13.3. The monoisotopic (exact) mass is 416 g/mol. The topological polar surface area (TPSA) is 125 Å². The number of hydrogen-bond donors (Lipinski definition) is 2. The highest BCUT2D eigenvalue weighted by Crippen LogP contribution is 2.22. The van der Waals surface area contributed by atoms with Crippen molar-refractivity contribution in [3.05, 3.63) is 51.8 Å². The molecule has 3 rings (SSSR count). The van der Waals surface area contributed by atoms with Crippen molar-refractivity contribution < 1.29 is 9.53 Å². The number of fused-ring (bicyclic) bond motifs is 1. The van der Waals surface area contributed by atoms with E-state index in [1.807, 2.05) is 0 Å². The number of aromatic nitrogens is 4. The van der Waals surface area contributed by atoms with Gasteiger partial charge in [0.15, 0.2) is 5.82 Å². The molecule has 29 heavy (non-hydrogen) atoms. The Kier molecular flexibility index (Phi) is 5.43. The van der Waals surface area contributed by atoms with Crippen molar-refractivity contribution in [2.75, 3.05) is 5.73 Å². The largest absolute Gasteiger partial charge is 0.444 e. The first kappa shape index (κ1) is 20.5. The Morgan fingerprint density at radius 3 is 2.62 bits per heavy atom. The van der Waals surface area contributed by atoms with Gasteiger partial charge in [0, 0.05) is 0 Å². The van der Waals surface area contributed by atoms with Gasteiger partial charge in [0.25, 0.3) is 5.56 Å². The molecular formula is C19H21ClN6O3. The summed E-state index contributed by atoms with van der Waals surface area (Å²) < 4.78 is 6.55. The number of nitrogens with zero attached hydrogens (tertiary/aromatic N) is 4. The van der Waals surface area contributed by atoms with Crippen molar-refractivity contribution >= 4 is 34.4 Å². The zero-order valence-corrected chi connectivity index (χ0v) is 17.2. The molecule has 0 aliphatic rings. The van der Waals surface area contributed by atoms with Crippen molar-refractivity contribution in [2.24, 2.45) is 0 Å². The molecular weight excluding hydrogens is 396 g/mol. The molecule has 2 aromatic heterocycles. The molecule has 0 bridgehead atoms. The Morgan fingerprint density at radius 2 is 2.00 bits per heavy atom. The van der Waals surface area contributed by atoms with Crippen LogP contribution in [0, 0.1) is 0 Å². The summed E-state index contributed by atoms with van der Waals surface area (Å²) in [5, 5.41) is 3.19. The Morgan fingerprint density at radius 1 is 1.28 bits per heavy atom. The third kappa shape index (κ3) is 4.45. The standard InChI is InChI=1S/C19H21ClN6O3/c1-10(24-18(28)29-19(2,3)4)16-25-12-7-5-6-11(20)15(12)17(27)26(16)14-9-22-13(21)8-23-14/h5-10H,1-4H3,(H2,21,22)(H,24,28). The number of benzene rings is 1. The number of ether oxygens (including phenoxy) is 1. The molecule has 0 aliphatic heterocycles. The van der Waals surface area contributed by atoms with E-state index in [0.717, 1.165) is 0 Å². The van der Waals surface area contributed by atoms with E-state index < -0.39 is 23.3 Å². The molecule has 0 spiro atoms. The summed E-state index contributed by atoms with van der Waals surface area (Å²) in [6.45, 7) is 6.96. The predicted octanol–water partition coefficient (Wildman–Crippen LogP) is 3.00. The highest BCUT2D eigenvalue weighted by Gasteiger charge is 2.23. The summed E-state index contributed by atoms with van der Waals surface area (Å²) in [7, 11) is 0. The van der Waals surface area contributed by atoms with Gasteiger partial charge < -0.3 is 15.8 Å². The number of alkyl carbamates (subject to hydrolysis) is 1. The van der Waals surface area contributed by atoms with Crippen molar-refractivity contribution in [3.8, 4) is 5.82 Å². The van der Waals surface area contributed by atoms with Crippen LogP contribution >= 0.6 is 11.6 Å². The second-order valence-corrected chi connectivity index (χ2v) is 7.82. The summed E-state index contributed by atoms with van der Waals surface area (Å²) in [5.41, 5.74) is 4.90. The highest BCUT2D eigenvalue weighted by molar-refractivity contribution is 6.35. The molecule has 2 heterocycles. The van der Waals surface area contributed by atoms with E-state index in [2.05, 4.69) is 20.3 Å². The third-order valence-electron chi connectivity index (χ3n) is 3.88. The van der Waals surface area contributed by atoms with Crippen LogP contribution in [0.25, 0.3) is 16.7 Å². The fraction of sp³-hybridized carbons (Fsp3) is 0.316. The molecule has 10 heteroatoms. The van der Waals surface area contributed by atoms with E-state index in [1.165, 1.54) is 17.0 Å². The summed E-state index contributed by atoms with van der Waals surface area (Å²) in [4.78, 5) is 38.2. The maximum atomic E-state index is 13.3. The molecule has 0 fully saturated rings. The molecule has 1 aromatic carbocycles. The molecule has 0 radical (unpaired) electrons. The maximum Gasteiger partial charge on any atom is 0.408 e. The van der Waals surface area contributed by atoms with Crippen LogP contribution < -0.4 is 16.6 Å². The molecule has 1 atom stereocenters. The second kappa shape index (κ2) is 7.67. The minimum atomic E-state index is -0.680. The van der Waals surface area contributed by atoms with Crippen LogP contribution in [-0.2, 0) is 4.74 Å². The van der Waals surface area contributed by atoms with Crippen LogP contribution in [0.1, 0.15) is 39.6 Å². The van der Waals surface area contributed by atoms with E-state index in [9.17, 15) is 9.59 Å². The molecule has 3 N–H and O–H groups in total. The van der Waals surface area contributed by atoms with E-state index in [1.54, 1.807) is 45.9 Å². The predicted molar refractivity (Wildman–Crippen MR) is 110 cm³/mol. The molecule has 0 saturated heterocycles. The number of nitrogens with two attached hydrogens (primary N) is 1. The van der Waals surface area contributed by atoms with Gasteiger partial charge in [-0.25, -0.2) is 24.3 Å². The normalized spacial score (nSPS) is 12.6. The van der Waals surface area contributed by atoms with Gasteiger partial charge in [0.2, 0.25) is 0 Å². The summed E-state index contributed by atoms with van der Waals surface area (Å²) >= 11 is 6.24. The third-order valence-corrected chi connectivity index (χ3v) is 4.20. The first-order valence-electron chi connectivity index (χ1n) is 8.85. The van der Waals surface area contributed by atoms with Crippen molar-refractivity contribution in [3.63, 3.8) is 0 Å². The van der Waals surface area contributed by atoms with E-state index >= 15 is 0 Å². The fourth-order valence-electron chi connectivity index (χ4n) is 2.71. The summed E-state index contributed by atoms with van der Waals surface area (Å²) in [6.07, 6.45) is 2.04. The van der Waals surface area contributed by atoms with Gasteiger partial charge in [-0.2, -0.15) is 0 Å². The Bertz CT molecular complexity index is 1120. The van der Waals surface area contributed by atoms with Crippen LogP contribution in [-0.4, -0.2) is 31.2 Å². The molecule has 9 nitrogen and oxygen atoms in total. The first-order chi connectivity index (χ1) is 13.6. The molecule has 152 valence electrons. The number of nitrogens with one attached hydrogen (secondary N) is 1. The van der Waals surface area contributed by atoms with Gasteiger partial charge in [-0.15, -0.1) is 0 Å². The van der Waals surface area contributed by atoms with Crippen molar-refractivity contribution in [1.29, 1.82) is 0 Å². The average molecular weight is 417 g/mol. The van der Waals surface area contributed by atoms with Gasteiger partial charge in [-0.1, -0.05) is 17.7 Å². The molecule has 0 saturated carbocycles. The lowest BCUT2D eigenvalue weighted by Gasteiger charge is -2.23. The van der Waals surface area contributed by atoms with Gasteiger partial charge in [-0.3, -0.25) is 4.79 Å². The number of rotatable bonds is 3. The lowest BCUT2D eigenvalue weighted by molar-refractivity contribution is 0.0505. The number of carbonyl (C=O) groups is 1. The average Bonchev–Trinajstić information content (AvgIpc) is 2.60. The Balaban J connectivity index is 2.17. The van der Waals surface area contributed by atoms with Gasteiger partial charge in [0.05, 0.1) is 34.4 Å². The number of halogens is 1. The quantitative estimate of drug-likeness (QED) is 0.672. The SMILES string of the molecule is CC(NC(=O)OC(C)(C)C)c1nc2cccc(Cl)c2c(=O)n1-c1cnc(N)cn1. The number of carbonyl (C=O) groups excluding carboxylic acids is 1. The van der Waals surface area contributed by atoms with Gasteiger partial charge >= 0.3 is 6.09 Å². The van der Waals surface area contributed by atoms with Gasteiger partial charge in [0.1, 0.15) is 17.2 Å². The zero-order valence-electron chi connectivity index (χ0n) is 16.4. The molecule has 0 aliphatic carbocycles. The summed E-state index contributed by atoms with van der Waals surface area (Å²) in [6, 6.07) is 4.29. The van der Waals surface area contributed by atoms with Gasteiger partial charge in [-0.05, 0) is 39.8 Å². The van der Waals surface area contributed by atoms with Crippen LogP contribution in [0.5, 0.6) is 0 Å². The van der Waals surface area contributed by atoms with Crippen LogP contribution in [0.2, 0.25) is 5.02 Å². The highest BCUT2D eigenvalue weighted by atomic mass is 35.5. The van der Waals surface area contributed by atoms with Crippen LogP contribution in [0.15, 0.2) is 35.4 Å². The number of anilines is 1. The lowest BCUT2D eigenvalue weighted by atomic mass is 10.2. The fourth-order valence-corrected chi connectivity index (χ4v) is 2.96. The number of hydrogen-bond acceptors (Lipinski definition) is 7. The number of nitrogen functional groups attached to an aromatic ring is 1.